The molecule has 0 amide bonds. The van der Waals surface area contributed by atoms with Gasteiger partial charge in [-0.05, 0) is 0 Å². The summed E-state index contributed by atoms with van der Waals surface area (Å²) >= 11 is 0.300. The predicted octanol–water partition coefficient (Wildman–Crippen LogP) is -0.311. The molecule has 0 aliphatic rings. The molecule has 0 aromatic heterocycles. The Hall–Kier alpha value is -0.637. The van der Waals surface area contributed by atoms with Gasteiger partial charge in [-0.25, -0.2) is 0 Å². The van der Waals surface area contributed by atoms with E-state index in [9.17, 15) is 0 Å². The van der Waals surface area contributed by atoms with Crippen LogP contribution in [0.5, 0.6) is 0 Å². The Morgan fingerprint density at radius 2 is 1.00 bits per heavy atom. The molecule has 0 saturated heterocycles. The quantitative estimate of drug-likeness (QED) is 0.552. The van der Waals surface area contributed by atoms with Crippen LogP contribution < -0.4 is 0 Å². The van der Waals surface area contributed by atoms with E-state index in [-0.39, 0.29) is 0 Å². The van der Waals surface area contributed by atoms with Crippen molar-refractivity contribution in [2.75, 3.05) is 0 Å². The van der Waals surface area contributed by atoms with E-state index >= 15 is 0 Å². The standard InChI is InChI=1S/2C2H3O2.O.Zr/c2*1-2(3)4;;/h2*1H2,(H,3,4);;/q2*-1;;+2. The van der Waals surface area contributed by atoms with Crippen molar-refractivity contribution in [3.05, 3.63) is 13.8 Å². The van der Waals surface area contributed by atoms with Gasteiger partial charge in [0.05, 0.1) is 0 Å². The molecular formula is C4H6O5Zr. The van der Waals surface area contributed by atoms with Gasteiger partial charge in [0.15, 0.2) is 11.9 Å². The van der Waals surface area contributed by atoms with Crippen molar-refractivity contribution in [3.63, 3.8) is 0 Å². The third kappa shape index (κ3) is 735. The van der Waals surface area contributed by atoms with Gasteiger partial charge in [0, 0.05) is 0 Å². The molecule has 0 aliphatic carbocycles. The van der Waals surface area contributed by atoms with Gasteiger partial charge in [-0.3, -0.25) is 23.4 Å². The van der Waals surface area contributed by atoms with Crippen LogP contribution >= 0.6 is 0 Å². The first kappa shape index (κ1) is 16.2. The fourth-order valence-electron chi connectivity index (χ4n) is 0. The van der Waals surface area contributed by atoms with Crippen LogP contribution in [0.2, 0.25) is 0 Å². The van der Waals surface area contributed by atoms with Gasteiger partial charge >= 0.3 is 27.5 Å². The van der Waals surface area contributed by atoms with Crippen molar-refractivity contribution in [3.8, 4) is 0 Å². The molecule has 0 heterocycles. The second-order valence-corrected chi connectivity index (χ2v) is 0.787. The van der Waals surface area contributed by atoms with Gasteiger partial charge in [0.2, 0.25) is 0 Å². The molecular weight excluding hydrogens is 219 g/mol. The summed E-state index contributed by atoms with van der Waals surface area (Å²) in [5, 5.41) is 14.6. The van der Waals surface area contributed by atoms with Crippen LogP contribution in [0.15, 0.2) is 0 Å². The van der Waals surface area contributed by atoms with E-state index in [1.165, 1.54) is 0 Å². The van der Waals surface area contributed by atoms with E-state index in [0.29, 0.717) is 24.7 Å². The summed E-state index contributed by atoms with van der Waals surface area (Å²) in [6.07, 6.45) is 0. The molecule has 0 fully saturated rings. The van der Waals surface area contributed by atoms with Crippen molar-refractivity contribution < 1.29 is 47.3 Å². The molecule has 5 nitrogen and oxygen atoms in total. The normalized spacial score (nSPS) is 5.40. The van der Waals surface area contributed by atoms with Crippen LogP contribution in [0.25, 0.3) is 0 Å². The SMILES string of the molecule is [CH2-]C(=O)O.[CH2-]C(=O)O.[O]=[Zr+2]. The Kier molecular flexibility index (Phi) is 25.5. The average molecular weight is 225 g/mol. The van der Waals surface area contributed by atoms with Crippen molar-refractivity contribution >= 4 is 11.9 Å². The van der Waals surface area contributed by atoms with Gasteiger partial charge in [-0.2, -0.15) is 0 Å². The van der Waals surface area contributed by atoms with Gasteiger partial charge in [0.25, 0.3) is 0 Å². The summed E-state index contributed by atoms with van der Waals surface area (Å²) < 4.78 is 8.34. The molecule has 0 aliphatic heterocycles. The Labute approximate surface area is 73.3 Å². The zero-order valence-corrected chi connectivity index (χ0v) is 7.49. The summed E-state index contributed by atoms with van der Waals surface area (Å²) in [6, 6.07) is 0. The molecule has 0 rings (SSSR count). The summed E-state index contributed by atoms with van der Waals surface area (Å²) in [5.41, 5.74) is 0. The molecule has 0 aromatic rings. The minimum atomic E-state index is -1.08. The van der Waals surface area contributed by atoms with Crippen LogP contribution in [-0.2, 0) is 37.1 Å². The summed E-state index contributed by atoms with van der Waals surface area (Å²) in [5.74, 6) is -2.17. The molecule has 6 heteroatoms. The third-order valence-corrected chi connectivity index (χ3v) is 0. The number of hydrogen-bond acceptors (Lipinski definition) is 3. The molecule has 2 N–H and O–H groups in total. The Bertz CT molecular complexity index is 81.8. The van der Waals surface area contributed by atoms with Crippen LogP contribution in [0.4, 0.5) is 0 Å². The summed E-state index contributed by atoms with van der Waals surface area (Å²) in [4.78, 5) is 17.8. The third-order valence-electron chi connectivity index (χ3n) is 0. The number of carbonyl (C=O) groups is 2. The molecule has 0 atom stereocenters. The number of aliphatic carboxylic acids is 2. The molecule has 56 valence electrons. The maximum atomic E-state index is 8.89. The zero-order valence-electron chi connectivity index (χ0n) is 5.03. The van der Waals surface area contributed by atoms with Crippen LogP contribution in [0, 0.1) is 13.8 Å². The van der Waals surface area contributed by atoms with E-state index in [4.69, 9.17) is 22.6 Å². The second kappa shape index (κ2) is 15.8. The molecule has 0 unspecified atom stereocenters. The molecule has 0 radical (unpaired) electrons. The monoisotopic (exact) mass is 224 g/mol. The Balaban J connectivity index is -0.0000000787. The minimum absolute atomic E-state index is 0.300. The Morgan fingerprint density at radius 3 is 1.00 bits per heavy atom. The predicted molar refractivity (Wildman–Crippen MR) is 26.7 cm³/mol. The molecule has 0 bridgehead atoms. The fourth-order valence-corrected chi connectivity index (χ4v) is 0. The van der Waals surface area contributed by atoms with Gasteiger partial charge < -0.3 is 10.2 Å². The number of rotatable bonds is 0. The van der Waals surface area contributed by atoms with Crippen molar-refractivity contribution in [2.45, 2.75) is 0 Å². The number of carboxylic acid groups (broad SMARTS) is 2. The maximum absolute atomic E-state index is 8.89. The van der Waals surface area contributed by atoms with Crippen LogP contribution in [-0.4, -0.2) is 22.2 Å². The first-order valence-corrected chi connectivity index (χ1v) is 2.77. The topological polar surface area (TPSA) is 91.7 Å². The van der Waals surface area contributed by atoms with Crippen molar-refractivity contribution in [2.24, 2.45) is 0 Å². The molecule has 0 spiro atoms. The molecule has 10 heavy (non-hydrogen) atoms. The van der Waals surface area contributed by atoms with E-state index in [0.717, 1.165) is 0 Å². The first-order chi connectivity index (χ1) is 4.46. The summed E-state index contributed by atoms with van der Waals surface area (Å²) in [6.45, 7) is 5.11. The van der Waals surface area contributed by atoms with Crippen LogP contribution in [0.3, 0.4) is 0 Å². The van der Waals surface area contributed by atoms with E-state index < -0.39 is 11.9 Å². The Morgan fingerprint density at radius 1 is 1.00 bits per heavy atom. The van der Waals surface area contributed by atoms with E-state index in [2.05, 4.69) is 13.8 Å². The first-order valence-electron chi connectivity index (χ1n) is 1.77. The van der Waals surface area contributed by atoms with Crippen molar-refractivity contribution in [1.29, 1.82) is 0 Å². The van der Waals surface area contributed by atoms with E-state index in [1.807, 2.05) is 0 Å². The number of hydrogen-bond donors (Lipinski definition) is 2. The van der Waals surface area contributed by atoms with Crippen LogP contribution in [0.1, 0.15) is 0 Å². The molecule has 0 saturated carbocycles. The summed E-state index contributed by atoms with van der Waals surface area (Å²) in [7, 11) is 0. The van der Waals surface area contributed by atoms with Gasteiger partial charge in [-0.15, -0.1) is 0 Å². The van der Waals surface area contributed by atoms with E-state index in [1.54, 1.807) is 0 Å². The zero-order chi connectivity index (χ0) is 9.15. The van der Waals surface area contributed by atoms with Gasteiger partial charge in [-0.1, -0.05) is 0 Å². The number of carboxylic acids is 2. The fraction of sp³-hybridized carbons (Fsp3) is 0. The molecule has 0 aromatic carbocycles. The second-order valence-electron chi connectivity index (χ2n) is 0.787. The van der Waals surface area contributed by atoms with Gasteiger partial charge in [0.1, 0.15) is 0 Å². The average Bonchev–Trinajstić information content (AvgIpc) is 1.66. The van der Waals surface area contributed by atoms with Crippen molar-refractivity contribution in [1.82, 2.24) is 0 Å².